The fourth-order valence-electron chi connectivity index (χ4n) is 0.975. The lowest BCUT2D eigenvalue weighted by atomic mass is 9.88. The summed E-state index contributed by atoms with van der Waals surface area (Å²) < 4.78 is 0. The van der Waals surface area contributed by atoms with Gasteiger partial charge in [-0.15, -0.1) is 0 Å². The van der Waals surface area contributed by atoms with E-state index in [1.54, 1.807) is 12.2 Å². The van der Waals surface area contributed by atoms with E-state index in [-0.39, 0.29) is 0 Å². The van der Waals surface area contributed by atoms with E-state index in [1.165, 1.54) is 12.2 Å². The van der Waals surface area contributed by atoms with E-state index in [9.17, 15) is 9.59 Å². The van der Waals surface area contributed by atoms with E-state index in [0.717, 1.165) is 12.2 Å². The molecule has 0 saturated heterocycles. The lowest BCUT2D eigenvalue weighted by Crippen LogP contribution is -2.35. The molecule has 0 aliphatic heterocycles. The van der Waals surface area contributed by atoms with Crippen molar-refractivity contribution in [2.24, 2.45) is 5.41 Å². The Morgan fingerprint density at radius 2 is 1.23 bits per heavy atom. The van der Waals surface area contributed by atoms with E-state index in [1.807, 2.05) is 0 Å². The standard InChI is InChI=1S/C9H8O4/c10-7(11)9(8(12)13)5-3-1-2-4-6-9/h1-6H,(H,10,11)(H,12,13). The van der Waals surface area contributed by atoms with Crippen LogP contribution >= 0.6 is 0 Å². The summed E-state index contributed by atoms with van der Waals surface area (Å²) in [6, 6.07) is 0. The zero-order chi connectivity index (χ0) is 9.90. The molecule has 1 rings (SSSR count). The maximum Gasteiger partial charge on any atom is 0.328 e. The van der Waals surface area contributed by atoms with Gasteiger partial charge in [-0.1, -0.05) is 36.5 Å². The van der Waals surface area contributed by atoms with Gasteiger partial charge in [0.25, 0.3) is 0 Å². The maximum atomic E-state index is 10.8. The second kappa shape index (κ2) is 3.26. The zero-order valence-corrected chi connectivity index (χ0v) is 6.68. The second-order valence-electron chi connectivity index (χ2n) is 2.58. The van der Waals surface area contributed by atoms with Crippen molar-refractivity contribution in [3.05, 3.63) is 36.5 Å². The van der Waals surface area contributed by atoms with Gasteiger partial charge in [0.1, 0.15) is 0 Å². The molecule has 2 N–H and O–H groups in total. The van der Waals surface area contributed by atoms with Crippen LogP contribution in [0.4, 0.5) is 0 Å². The first-order valence-corrected chi connectivity index (χ1v) is 3.60. The van der Waals surface area contributed by atoms with Gasteiger partial charge in [-0.05, 0) is 0 Å². The first-order chi connectivity index (χ1) is 6.09. The molecule has 0 heterocycles. The SMILES string of the molecule is O=C(O)C1(C(=O)O)C=CC=CC=C1. The van der Waals surface area contributed by atoms with E-state index in [0.29, 0.717) is 0 Å². The molecule has 0 atom stereocenters. The first-order valence-electron chi connectivity index (χ1n) is 3.60. The van der Waals surface area contributed by atoms with Crippen molar-refractivity contribution in [1.82, 2.24) is 0 Å². The number of carboxylic acid groups (broad SMARTS) is 2. The minimum Gasteiger partial charge on any atom is -0.480 e. The van der Waals surface area contributed by atoms with Crippen LogP contribution in [0.2, 0.25) is 0 Å². The molecule has 68 valence electrons. The molecule has 0 aromatic heterocycles. The third-order valence-electron chi connectivity index (χ3n) is 1.76. The third-order valence-corrected chi connectivity index (χ3v) is 1.76. The average Bonchev–Trinajstić information content (AvgIpc) is 2.28. The third kappa shape index (κ3) is 1.51. The largest absolute Gasteiger partial charge is 0.480 e. The molecular formula is C9H8O4. The lowest BCUT2D eigenvalue weighted by Gasteiger charge is -2.15. The minimum absolute atomic E-state index is 1.14. The highest BCUT2D eigenvalue weighted by Gasteiger charge is 2.41. The van der Waals surface area contributed by atoms with Crippen LogP contribution in [0.15, 0.2) is 36.5 Å². The van der Waals surface area contributed by atoms with Crippen LogP contribution in [0.25, 0.3) is 0 Å². The summed E-state index contributed by atoms with van der Waals surface area (Å²) in [5, 5.41) is 17.5. The number of allylic oxidation sites excluding steroid dienone is 4. The zero-order valence-electron chi connectivity index (χ0n) is 6.68. The molecule has 0 amide bonds. The van der Waals surface area contributed by atoms with Gasteiger partial charge in [-0.2, -0.15) is 0 Å². The van der Waals surface area contributed by atoms with Gasteiger partial charge in [0, 0.05) is 0 Å². The Kier molecular flexibility index (Phi) is 2.32. The van der Waals surface area contributed by atoms with Crippen molar-refractivity contribution in [3.63, 3.8) is 0 Å². The van der Waals surface area contributed by atoms with Crippen molar-refractivity contribution in [2.75, 3.05) is 0 Å². The summed E-state index contributed by atoms with van der Waals surface area (Å²) in [5.74, 6) is -2.78. The number of carboxylic acids is 2. The van der Waals surface area contributed by atoms with E-state index in [4.69, 9.17) is 10.2 Å². The van der Waals surface area contributed by atoms with Crippen LogP contribution in [-0.2, 0) is 9.59 Å². The van der Waals surface area contributed by atoms with Crippen LogP contribution in [0.1, 0.15) is 0 Å². The summed E-state index contributed by atoms with van der Waals surface area (Å²) in [4.78, 5) is 21.5. The molecule has 1 aliphatic carbocycles. The van der Waals surface area contributed by atoms with Gasteiger partial charge >= 0.3 is 11.9 Å². The first kappa shape index (κ1) is 9.25. The summed E-state index contributed by atoms with van der Waals surface area (Å²) in [6.45, 7) is 0. The Labute approximate surface area is 74.5 Å². The molecule has 1 aliphatic rings. The van der Waals surface area contributed by atoms with Crippen LogP contribution < -0.4 is 0 Å². The van der Waals surface area contributed by atoms with Crippen molar-refractivity contribution in [1.29, 1.82) is 0 Å². The fraction of sp³-hybridized carbons (Fsp3) is 0.111. The number of carbonyl (C=O) groups is 2. The van der Waals surface area contributed by atoms with Gasteiger partial charge in [0.05, 0.1) is 0 Å². The Morgan fingerprint density at radius 1 is 0.846 bits per heavy atom. The summed E-state index contributed by atoms with van der Waals surface area (Å²) in [5.41, 5.74) is -1.93. The summed E-state index contributed by atoms with van der Waals surface area (Å²) in [6.07, 6.45) is 8.23. The van der Waals surface area contributed by atoms with Crippen LogP contribution in [0, 0.1) is 5.41 Å². The van der Waals surface area contributed by atoms with Gasteiger partial charge < -0.3 is 10.2 Å². The quantitative estimate of drug-likeness (QED) is 0.617. The average molecular weight is 180 g/mol. The molecule has 4 heteroatoms. The molecule has 0 aromatic rings. The van der Waals surface area contributed by atoms with Crippen molar-refractivity contribution in [2.45, 2.75) is 0 Å². The maximum absolute atomic E-state index is 10.8. The highest BCUT2D eigenvalue weighted by Crippen LogP contribution is 2.23. The topological polar surface area (TPSA) is 74.6 Å². The van der Waals surface area contributed by atoms with Gasteiger partial charge in [-0.25, -0.2) is 0 Å². The molecule has 0 spiro atoms. The van der Waals surface area contributed by atoms with E-state index < -0.39 is 17.4 Å². The highest BCUT2D eigenvalue weighted by atomic mass is 16.4. The predicted octanol–water partition coefficient (Wildman–Crippen LogP) is 0.824. The molecule has 13 heavy (non-hydrogen) atoms. The van der Waals surface area contributed by atoms with E-state index >= 15 is 0 Å². The smallest absolute Gasteiger partial charge is 0.328 e. The van der Waals surface area contributed by atoms with Gasteiger partial charge in [0.15, 0.2) is 0 Å². The van der Waals surface area contributed by atoms with Crippen molar-refractivity contribution >= 4 is 11.9 Å². The van der Waals surface area contributed by atoms with Gasteiger partial charge in [0.2, 0.25) is 5.41 Å². The van der Waals surface area contributed by atoms with E-state index in [2.05, 4.69) is 0 Å². The Bertz CT molecular complexity index is 291. The summed E-state index contributed by atoms with van der Waals surface area (Å²) in [7, 11) is 0. The molecule has 0 bridgehead atoms. The number of hydrogen-bond acceptors (Lipinski definition) is 2. The van der Waals surface area contributed by atoms with Crippen molar-refractivity contribution in [3.8, 4) is 0 Å². The normalized spacial score (nSPS) is 18.2. The molecular weight excluding hydrogens is 172 g/mol. The number of rotatable bonds is 2. The molecule has 0 radical (unpaired) electrons. The molecule has 4 nitrogen and oxygen atoms in total. The Hall–Kier alpha value is -1.84. The Morgan fingerprint density at radius 3 is 1.54 bits per heavy atom. The highest BCUT2D eigenvalue weighted by molar-refractivity contribution is 6.03. The number of aliphatic carboxylic acids is 2. The van der Waals surface area contributed by atoms with Crippen molar-refractivity contribution < 1.29 is 19.8 Å². The monoisotopic (exact) mass is 180 g/mol. The van der Waals surface area contributed by atoms with Crippen LogP contribution in [0.5, 0.6) is 0 Å². The van der Waals surface area contributed by atoms with Crippen LogP contribution in [-0.4, -0.2) is 22.2 Å². The molecule has 0 aromatic carbocycles. The Balaban J connectivity index is 3.19. The van der Waals surface area contributed by atoms with Crippen LogP contribution in [0.3, 0.4) is 0 Å². The second-order valence-corrected chi connectivity index (χ2v) is 2.58. The predicted molar refractivity (Wildman–Crippen MR) is 45.1 cm³/mol. The lowest BCUT2D eigenvalue weighted by molar-refractivity contribution is -0.157. The molecule has 0 saturated carbocycles. The number of hydrogen-bond donors (Lipinski definition) is 2. The molecule has 0 unspecified atom stereocenters. The fourth-order valence-corrected chi connectivity index (χ4v) is 0.975. The molecule has 0 fully saturated rings. The summed E-state index contributed by atoms with van der Waals surface area (Å²) >= 11 is 0. The minimum atomic E-state index is -1.93. The van der Waals surface area contributed by atoms with Gasteiger partial charge in [-0.3, -0.25) is 9.59 Å².